The SMILES string of the molecule is CCC(CC)c1nnc(NC(=O)Cc2c(F)c(F)c(F)c(F)c2F)s1. The van der Waals surface area contributed by atoms with Crippen molar-refractivity contribution in [2.45, 2.75) is 39.0 Å². The van der Waals surface area contributed by atoms with Gasteiger partial charge >= 0.3 is 0 Å². The Morgan fingerprint density at radius 2 is 1.48 bits per heavy atom. The molecule has 0 saturated carbocycles. The standard InChI is InChI=1S/C15H14F5N3OS/c1-3-6(4-2)14-22-23-15(25-14)21-8(24)5-7-9(16)11(18)13(20)12(19)10(7)17/h6H,3-5H2,1-2H3,(H,21,23,24). The van der Waals surface area contributed by atoms with Gasteiger partial charge in [0.1, 0.15) is 5.01 Å². The zero-order valence-corrected chi connectivity index (χ0v) is 14.1. The van der Waals surface area contributed by atoms with Crippen LogP contribution in [0, 0.1) is 29.1 Å². The molecule has 0 spiro atoms. The first-order valence-electron chi connectivity index (χ1n) is 7.43. The van der Waals surface area contributed by atoms with Crippen molar-refractivity contribution in [3.63, 3.8) is 0 Å². The molecule has 0 radical (unpaired) electrons. The van der Waals surface area contributed by atoms with E-state index in [0.29, 0.717) is 5.01 Å². The van der Waals surface area contributed by atoms with Crippen LogP contribution in [0.5, 0.6) is 0 Å². The van der Waals surface area contributed by atoms with E-state index in [0.717, 1.165) is 24.2 Å². The number of halogens is 5. The lowest BCUT2D eigenvalue weighted by atomic mass is 10.1. The summed E-state index contributed by atoms with van der Waals surface area (Å²) in [5, 5.41) is 10.7. The molecular weight excluding hydrogens is 365 g/mol. The van der Waals surface area contributed by atoms with E-state index in [1.165, 1.54) is 0 Å². The van der Waals surface area contributed by atoms with E-state index in [4.69, 9.17) is 0 Å². The molecule has 4 nitrogen and oxygen atoms in total. The van der Waals surface area contributed by atoms with Crippen LogP contribution in [0.2, 0.25) is 0 Å². The molecule has 1 heterocycles. The molecule has 10 heteroatoms. The fourth-order valence-electron chi connectivity index (χ4n) is 2.22. The van der Waals surface area contributed by atoms with Crippen molar-refractivity contribution in [3.05, 3.63) is 39.7 Å². The summed E-state index contributed by atoms with van der Waals surface area (Å²) in [6, 6.07) is 0. The van der Waals surface area contributed by atoms with Crippen LogP contribution in [-0.4, -0.2) is 16.1 Å². The Kier molecular flexibility index (Phi) is 6.04. The van der Waals surface area contributed by atoms with Gasteiger partial charge in [-0.05, 0) is 12.8 Å². The zero-order valence-electron chi connectivity index (χ0n) is 13.3. The minimum absolute atomic E-state index is 0.0933. The second kappa shape index (κ2) is 7.85. The Hall–Kier alpha value is -2.10. The topological polar surface area (TPSA) is 54.9 Å². The Balaban J connectivity index is 2.17. The second-order valence-corrected chi connectivity index (χ2v) is 6.24. The minimum atomic E-state index is -2.27. The number of carbonyl (C=O) groups is 1. The monoisotopic (exact) mass is 379 g/mol. The molecule has 0 aliphatic heterocycles. The Morgan fingerprint density at radius 3 is 2.00 bits per heavy atom. The van der Waals surface area contributed by atoms with Gasteiger partial charge in [-0.15, -0.1) is 10.2 Å². The number of nitrogens with zero attached hydrogens (tertiary/aromatic N) is 2. The number of hydrogen-bond acceptors (Lipinski definition) is 4. The molecule has 136 valence electrons. The van der Waals surface area contributed by atoms with Gasteiger partial charge in [0.25, 0.3) is 0 Å². The number of benzene rings is 1. The van der Waals surface area contributed by atoms with E-state index in [1.807, 2.05) is 13.8 Å². The van der Waals surface area contributed by atoms with E-state index in [2.05, 4.69) is 15.5 Å². The highest BCUT2D eigenvalue weighted by molar-refractivity contribution is 7.15. The van der Waals surface area contributed by atoms with E-state index in [-0.39, 0.29) is 11.0 Å². The van der Waals surface area contributed by atoms with Crippen molar-refractivity contribution in [1.82, 2.24) is 10.2 Å². The molecule has 2 rings (SSSR count). The summed E-state index contributed by atoms with van der Waals surface area (Å²) in [4.78, 5) is 11.9. The lowest BCUT2D eigenvalue weighted by molar-refractivity contribution is -0.115. The fourth-order valence-corrected chi connectivity index (χ4v) is 3.24. The van der Waals surface area contributed by atoms with Crippen LogP contribution in [0.1, 0.15) is 43.2 Å². The number of amides is 1. The number of hydrogen-bond donors (Lipinski definition) is 1. The van der Waals surface area contributed by atoms with Gasteiger partial charge in [-0.25, -0.2) is 22.0 Å². The van der Waals surface area contributed by atoms with Crippen LogP contribution in [0.15, 0.2) is 0 Å². The highest BCUT2D eigenvalue weighted by atomic mass is 32.1. The van der Waals surface area contributed by atoms with E-state index in [9.17, 15) is 26.7 Å². The van der Waals surface area contributed by atoms with Crippen LogP contribution < -0.4 is 5.32 Å². The largest absolute Gasteiger partial charge is 0.300 e. The summed E-state index contributed by atoms with van der Waals surface area (Å²) in [7, 11) is 0. The smallest absolute Gasteiger partial charge is 0.230 e. The summed E-state index contributed by atoms with van der Waals surface area (Å²) in [5.74, 6) is -11.3. The fraction of sp³-hybridized carbons (Fsp3) is 0.400. The first-order chi connectivity index (χ1) is 11.8. The van der Waals surface area contributed by atoms with Gasteiger partial charge in [-0.3, -0.25) is 4.79 Å². The predicted molar refractivity (Wildman–Crippen MR) is 81.8 cm³/mol. The highest BCUT2D eigenvalue weighted by Crippen LogP contribution is 2.28. The van der Waals surface area contributed by atoms with Gasteiger partial charge in [-0.1, -0.05) is 25.2 Å². The van der Waals surface area contributed by atoms with Crippen molar-refractivity contribution >= 4 is 22.4 Å². The van der Waals surface area contributed by atoms with E-state index >= 15 is 0 Å². The third-order valence-corrected chi connectivity index (χ3v) is 4.66. The summed E-state index contributed by atoms with van der Waals surface area (Å²) < 4.78 is 66.4. The molecule has 1 amide bonds. The third-order valence-electron chi connectivity index (χ3n) is 3.66. The predicted octanol–water partition coefficient (Wildman–Crippen LogP) is 4.32. The van der Waals surface area contributed by atoms with Crippen molar-refractivity contribution < 1.29 is 26.7 Å². The lowest BCUT2D eigenvalue weighted by Crippen LogP contribution is -2.18. The average Bonchev–Trinajstić information content (AvgIpc) is 3.04. The number of anilines is 1. The van der Waals surface area contributed by atoms with E-state index < -0.39 is 47.0 Å². The van der Waals surface area contributed by atoms with Crippen molar-refractivity contribution in [3.8, 4) is 0 Å². The van der Waals surface area contributed by atoms with Crippen LogP contribution in [0.3, 0.4) is 0 Å². The molecule has 0 unspecified atom stereocenters. The maximum atomic E-state index is 13.6. The maximum Gasteiger partial charge on any atom is 0.230 e. The van der Waals surface area contributed by atoms with Crippen molar-refractivity contribution in [2.75, 3.05) is 5.32 Å². The Bertz CT molecular complexity index is 763. The number of aromatic nitrogens is 2. The van der Waals surface area contributed by atoms with Crippen LogP contribution in [0.25, 0.3) is 0 Å². The second-order valence-electron chi connectivity index (χ2n) is 5.23. The molecule has 0 aliphatic rings. The summed E-state index contributed by atoms with van der Waals surface area (Å²) >= 11 is 1.10. The molecule has 0 aliphatic carbocycles. The normalized spacial score (nSPS) is 11.2. The molecule has 1 aromatic carbocycles. The maximum absolute atomic E-state index is 13.6. The van der Waals surface area contributed by atoms with Gasteiger partial charge in [0, 0.05) is 11.5 Å². The van der Waals surface area contributed by atoms with Crippen LogP contribution >= 0.6 is 11.3 Å². The molecule has 1 aromatic heterocycles. The number of rotatable bonds is 6. The molecule has 25 heavy (non-hydrogen) atoms. The summed E-state index contributed by atoms with van der Waals surface area (Å²) in [6.45, 7) is 3.94. The minimum Gasteiger partial charge on any atom is -0.300 e. The molecule has 0 atom stereocenters. The first kappa shape index (κ1) is 19.2. The van der Waals surface area contributed by atoms with Gasteiger partial charge in [0.2, 0.25) is 16.9 Å². The van der Waals surface area contributed by atoms with Gasteiger partial charge in [-0.2, -0.15) is 0 Å². The van der Waals surface area contributed by atoms with Gasteiger partial charge in [0.15, 0.2) is 23.3 Å². The van der Waals surface area contributed by atoms with Crippen LogP contribution in [-0.2, 0) is 11.2 Å². The van der Waals surface area contributed by atoms with Gasteiger partial charge < -0.3 is 5.32 Å². The average molecular weight is 379 g/mol. The molecule has 0 saturated heterocycles. The lowest BCUT2D eigenvalue weighted by Gasteiger charge is -2.08. The Labute approximate surface area is 144 Å². The molecule has 0 bridgehead atoms. The molecule has 2 aromatic rings. The first-order valence-corrected chi connectivity index (χ1v) is 8.25. The summed E-state index contributed by atoms with van der Waals surface area (Å²) in [5.41, 5.74) is -1.20. The van der Waals surface area contributed by atoms with Gasteiger partial charge in [0.05, 0.1) is 6.42 Å². The Morgan fingerprint density at radius 1 is 0.960 bits per heavy atom. The van der Waals surface area contributed by atoms with Crippen LogP contribution in [0.4, 0.5) is 27.1 Å². The molecule has 0 fully saturated rings. The molecular formula is C15H14F5N3OS. The number of carbonyl (C=O) groups excluding carboxylic acids is 1. The third kappa shape index (κ3) is 3.94. The zero-order chi connectivity index (χ0) is 18.7. The van der Waals surface area contributed by atoms with Crippen molar-refractivity contribution in [2.24, 2.45) is 0 Å². The van der Waals surface area contributed by atoms with Crippen molar-refractivity contribution in [1.29, 1.82) is 0 Å². The highest BCUT2D eigenvalue weighted by Gasteiger charge is 2.27. The van der Waals surface area contributed by atoms with E-state index in [1.54, 1.807) is 0 Å². The number of nitrogens with one attached hydrogen (secondary N) is 1. The summed E-state index contributed by atoms with van der Waals surface area (Å²) in [6.07, 6.45) is 0.624. The molecule has 1 N–H and O–H groups in total. The quantitative estimate of drug-likeness (QED) is 0.462.